The van der Waals surface area contributed by atoms with Gasteiger partial charge in [-0.05, 0) is 49.5 Å². The number of hydrogen-bond donors (Lipinski definition) is 3. The average Bonchev–Trinajstić information content (AvgIpc) is 3.60. The van der Waals surface area contributed by atoms with Crippen LogP contribution in [0.1, 0.15) is 72.7 Å². The number of nitrogens with zero attached hydrogens (tertiary/aromatic N) is 3. The van der Waals surface area contributed by atoms with Crippen molar-refractivity contribution in [2.75, 3.05) is 6.61 Å². The Balaban J connectivity index is 1.65. The Hall–Kier alpha value is -3.47. The van der Waals surface area contributed by atoms with E-state index in [4.69, 9.17) is 4.98 Å². The Kier molecular flexibility index (Phi) is 8.89. The molecule has 2 aromatic heterocycles. The molecule has 2 heterocycles. The highest BCUT2D eigenvalue weighted by Crippen LogP contribution is 2.36. The van der Waals surface area contributed by atoms with E-state index in [2.05, 4.69) is 10.3 Å². The Bertz CT molecular complexity index is 1390. The topological polar surface area (TPSA) is 100 Å². The lowest BCUT2D eigenvalue weighted by molar-refractivity contribution is -0.00874. The van der Waals surface area contributed by atoms with Crippen LogP contribution in [0.15, 0.2) is 71.4 Å². The number of nitrogens with one attached hydrogen (secondary N) is 1. The number of thiazole rings is 1. The van der Waals surface area contributed by atoms with E-state index in [1.165, 1.54) is 43.4 Å². The lowest BCUT2D eigenvalue weighted by Gasteiger charge is -2.26. The highest BCUT2D eigenvalue weighted by molar-refractivity contribution is 7.07. The molecule has 0 spiro atoms. The molecule has 0 saturated heterocycles. The van der Waals surface area contributed by atoms with Crippen molar-refractivity contribution in [1.29, 1.82) is 0 Å². The summed E-state index contributed by atoms with van der Waals surface area (Å²) in [6, 6.07) is 5.80. The van der Waals surface area contributed by atoms with Crippen LogP contribution < -0.4 is 5.32 Å². The zero-order valence-corrected chi connectivity index (χ0v) is 22.7. The number of rotatable bonds is 10. The lowest BCUT2D eigenvalue weighted by atomic mass is 9.91. The SMILES string of the molecule is CCC(F)(F)c1cccc(C(C)(O)c2nc(C3=C/CCC=C(NC(=O)c4cscn4)/C=C\3)cn2CCCO)c1. The third kappa shape index (κ3) is 6.58. The minimum absolute atomic E-state index is 0.0528. The third-order valence-electron chi connectivity index (χ3n) is 6.62. The maximum atomic E-state index is 14.4. The van der Waals surface area contributed by atoms with Crippen LogP contribution >= 0.6 is 11.3 Å². The van der Waals surface area contributed by atoms with Crippen LogP contribution in [0.4, 0.5) is 8.78 Å². The van der Waals surface area contributed by atoms with E-state index in [1.807, 2.05) is 18.2 Å². The number of imidazole rings is 1. The normalized spacial score (nSPS) is 17.8. The largest absolute Gasteiger partial charge is 0.396 e. The first-order valence-electron chi connectivity index (χ1n) is 12.8. The molecule has 1 atom stereocenters. The monoisotopic (exact) mass is 554 g/mol. The Morgan fingerprint density at radius 1 is 1.21 bits per heavy atom. The number of aromatic nitrogens is 3. The van der Waals surface area contributed by atoms with Crippen molar-refractivity contribution in [2.24, 2.45) is 0 Å². The van der Waals surface area contributed by atoms with E-state index < -0.39 is 11.5 Å². The molecular weight excluding hydrogens is 522 g/mol. The molecule has 1 unspecified atom stereocenters. The fourth-order valence-electron chi connectivity index (χ4n) is 4.33. The molecule has 4 rings (SSSR count). The van der Waals surface area contributed by atoms with E-state index in [-0.39, 0.29) is 30.3 Å². The van der Waals surface area contributed by atoms with E-state index >= 15 is 0 Å². The molecule has 3 N–H and O–H groups in total. The number of aryl methyl sites for hydroxylation is 1. The van der Waals surface area contributed by atoms with Gasteiger partial charge in [-0.25, -0.2) is 18.7 Å². The average molecular weight is 555 g/mol. The standard InChI is InChI=1S/C29H32F2N4O3S/c1-3-29(30,31)22-10-6-9-21(16-22)28(2,38)27-34-24(17-35(27)14-7-15-36)20-8-4-5-11-23(13-12-20)33-26(37)25-18-39-19-32-25/h6,8-13,16-19,36,38H,3-5,7,14-15H2,1-2H3,(H,33,37)/b13-12-,20-8+,23-11?. The van der Waals surface area contributed by atoms with Crippen molar-refractivity contribution >= 4 is 22.8 Å². The molecule has 1 amide bonds. The summed E-state index contributed by atoms with van der Waals surface area (Å²) in [5, 5.41) is 25.6. The number of alkyl halides is 2. The van der Waals surface area contributed by atoms with Gasteiger partial charge >= 0.3 is 0 Å². The fourth-order valence-corrected chi connectivity index (χ4v) is 4.87. The molecule has 1 aromatic carbocycles. The summed E-state index contributed by atoms with van der Waals surface area (Å²) in [7, 11) is 0. The first kappa shape index (κ1) is 28.5. The van der Waals surface area contributed by atoms with Crippen LogP contribution in [-0.4, -0.2) is 37.3 Å². The predicted octanol–water partition coefficient (Wildman–Crippen LogP) is 5.53. The lowest BCUT2D eigenvalue weighted by Crippen LogP contribution is -2.28. The fraction of sp³-hybridized carbons (Fsp3) is 0.345. The highest BCUT2D eigenvalue weighted by Gasteiger charge is 2.35. The molecule has 1 aliphatic rings. The van der Waals surface area contributed by atoms with E-state index in [0.717, 1.165) is 5.57 Å². The van der Waals surface area contributed by atoms with Crippen molar-refractivity contribution in [2.45, 2.75) is 57.6 Å². The van der Waals surface area contributed by atoms with Crippen LogP contribution in [0.2, 0.25) is 0 Å². The summed E-state index contributed by atoms with van der Waals surface area (Å²) in [5.41, 5.74) is 2.42. The number of benzene rings is 1. The predicted molar refractivity (Wildman–Crippen MR) is 147 cm³/mol. The van der Waals surface area contributed by atoms with Gasteiger partial charge in [-0.1, -0.05) is 43.4 Å². The zero-order chi connectivity index (χ0) is 28.0. The number of allylic oxidation sites excluding steroid dienone is 5. The zero-order valence-electron chi connectivity index (χ0n) is 21.9. The number of aliphatic hydroxyl groups is 2. The second kappa shape index (κ2) is 12.1. The van der Waals surface area contributed by atoms with Crippen molar-refractivity contribution in [3.05, 3.63) is 99.7 Å². The van der Waals surface area contributed by atoms with Crippen LogP contribution in [0.25, 0.3) is 5.57 Å². The van der Waals surface area contributed by atoms with Crippen LogP contribution in [-0.2, 0) is 18.1 Å². The second-order valence-electron chi connectivity index (χ2n) is 9.49. The van der Waals surface area contributed by atoms with E-state index in [0.29, 0.717) is 48.5 Å². The molecule has 0 bridgehead atoms. The first-order valence-corrected chi connectivity index (χ1v) is 13.8. The quantitative estimate of drug-likeness (QED) is 0.306. The molecule has 39 heavy (non-hydrogen) atoms. The van der Waals surface area contributed by atoms with Crippen LogP contribution in [0, 0.1) is 0 Å². The van der Waals surface area contributed by atoms with Gasteiger partial charge in [0.1, 0.15) is 17.1 Å². The van der Waals surface area contributed by atoms with Crippen LogP contribution in [0.3, 0.4) is 0 Å². The molecule has 10 heteroatoms. The minimum atomic E-state index is -3.02. The molecule has 7 nitrogen and oxygen atoms in total. The summed E-state index contributed by atoms with van der Waals surface area (Å²) < 4.78 is 30.6. The molecule has 1 aliphatic carbocycles. The maximum Gasteiger partial charge on any atom is 0.275 e. The van der Waals surface area contributed by atoms with Crippen molar-refractivity contribution < 1.29 is 23.8 Å². The molecular formula is C29H32F2N4O3S. The number of aliphatic hydroxyl groups excluding tert-OH is 1. The van der Waals surface area contributed by atoms with Gasteiger partial charge in [0, 0.05) is 42.4 Å². The minimum Gasteiger partial charge on any atom is -0.396 e. The number of amides is 1. The molecule has 0 saturated carbocycles. The molecule has 206 valence electrons. The summed E-state index contributed by atoms with van der Waals surface area (Å²) in [6.45, 7) is 3.28. The van der Waals surface area contributed by atoms with Gasteiger partial charge in [0.05, 0.1) is 11.2 Å². The second-order valence-corrected chi connectivity index (χ2v) is 10.2. The molecule has 0 radical (unpaired) electrons. The first-order chi connectivity index (χ1) is 18.7. The van der Waals surface area contributed by atoms with Gasteiger partial charge in [0.2, 0.25) is 0 Å². The number of carbonyl (C=O) groups excluding carboxylic acids is 1. The van der Waals surface area contributed by atoms with Gasteiger partial charge in [-0.2, -0.15) is 0 Å². The van der Waals surface area contributed by atoms with Crippen molar-refractivity contribution in [3.8, 4) is 0 Å². The van der Waals surface area contributed by atoms with E-state index in [9.17, 15) is 23.8 Å². The highest BCUT2D eigenvalue weighted by atomic mass is 32.1. The Morgan fingerprint density at radius 3 is 2.69 bits per heavy atom. The number of carbonyl (C=O) groups is 1. The van der Waals surface area contributed by atoms with Gasteiger partial charge < -0.3 is 20.1 Å². The van der Waals surface area contributed by atoms with Gasteiger partial charge in [-0.3, -0.25) is 4.79 Å². The summed E-state index contributed by atoms with van der Waals surface area (Å²) in [4.78, 5) is 21.3. The molecule has 0 aliphatic heterocycles. The third-order valence-corrected chi connectivity index (χ3v) is 7.20. The van der Waals surface area contributed by atoms with E-state index in [1.54, 1.807) is 33.8 Å². The smallest absolute Gasteiger partial charge is 0.275 e. The maximum absolute atomic E-state index is 14.4. The Morgan fingerprint density at radius 2 is 1.97 bits per heavy atom. The summed E-state index contributed by atoms with van der Waals surface area (Å²) >= 11 is 1.35. The van der Waals surface area contributed by atoms with Crippen LogP contribution in [0.5, 0.6) is 0 Å². The molecule has 0 fully saturated rings. The van der Waals surface area contributed by atoms with Gasteiger partial charge in [0.25, 0.3) is 11.8 Å². The van der Waals surface area contributed by atoms with Gasteiger partial charge in [-0.15, -0.1) is 11.3 Å². The molecule has 3 aromatic rings. The summed E-state index contributed by atoms with van der Waals surface area (Å²) in [6.07, 6.45) is 10.8. The number of halogens is 2. The van der Waals surface area contributed by atoms with Crippen molar-refractivity contribution in [1.82, 2.24) is 19.9 Å². The van der Waals surface area contributed by atoms with Crippen molar-refractivity contribution in [3.63, 3.8) is 0 Å². The van der Waals surface area contributed by atoms with Gasteiger partial charge in [0.15, 0.2) is 0 Å². The number of hydrogen-bond acceptors (Lipinski definition) is 6. The summed E-state index contributed by atoms with van der Waals surface area (Å²) in [5.74, 6) is -3.02. The Labute approximate surface area is 230 Å².